The highest BCUT2D eigenvalue weighted by Crippen LogP contribution is 2.13. The van der Waals surface area contributed by atoms with Crippen LogP contribution in [0.1, 0.15) is 16.2 Å². The van der Waals surface area contributed by atoms with Crippen LogP contribution in [0.4, 0.5) is 4.39 Å². The van der Waals surface area contributed by atoms with E-state index < -0.39 is 11.8 Å². The first kappa shape index (κ1) is 9.57. The Labute approximate surface area is 84.5 Å². The molecule has 0 unspecified atom stereocenters. The molecule has 0 radical (unpaired) electrons. The van der Waals surface area contributed by atoms with Crippen LogP contribution < -0.4 is 0 Å². The van der Waals surface area contributed by atoms with E-state index in [1.807, 2.05) is 0 Å². The van der Waals surface area contributed by atoms with Gasteiger partial charge >= 0.3 is 5.97 Å². The van der Waals surface area contributed by atoms with Crippen LogP contribution in [0.2, 0.25) is 0 Å². The van der Waals surface area contributed by atoms with Crippen LogP contribution in [-0.2, 0) is 4.74 Å². The maximum Gasteiger partial charge on any atom is 0.341 e. The maximum absolute atomic E-state index is 13.2. The summed E-state index contributed by atoms with van der Waals surface area (Å²) in [5.41, 5.74) is 0.360. The number of pyridine rings is 1. The van der Waals surface area contributed by atoms with Gasteiger partial charge in [0.1, 0.15) is 17.2 Å². The Balaban J connectivity index is 2.78. The molecule has 78 valence electrons. The number of carbonyl (C=O) groups is 1. The molecule has 2 heterocycles. The number of hydrogen-bond donors (Lipinski definition) is 0. The summed E-state index contributed by atoms with van der Waals surface area (Å²) < 4.78 is 19.1. The zero-order valence-electron chi connectivity index (χ0n) is 8.19. The number of esters is 1. The number of carbonyl (C=O) groups excluding carboxylic acids is 1. The van der Waals surface area contributed by atoms with Crippen LogP contribution in [0.15, 0.2) is 12.3 Å². The predicted molar refractivity (Wildman–Crippen MR) is 49.0 cm³/mol. The van der Waals surface area contributed by atoms with Crippen LogP contribution in [-0.4, -0.2) is 27.7 Å². The zero-order chi connectivity index (χ0) is 11.0. The van der Waals surface area contributed by atoms with Gasteiger partial charge in [0.25, 0.3) is 0 Å². The summed E-state index contributed by atoms with van der Waals surface area (Å²) >= 11 is 0. The van der Waals surface area contributed by atoms with Crippen LogP contribution in [0.5, 0.6) is 0 Å². The monoisotopic (exact) mass is 209 g/mol. The Hall–Kier alpha value is -1.98. The fourth-order valence-electron chi connectivity index (χ4n) is 1.33. The first-order valence-corrected chi connectivity index (χ1v) is 4.22. The van der Waals surface area contributed by atoms with Gasteiger partial charge in [0, 0.05) is 6.20 Å². The van der Waals surface area contributed by atoms with Crippen LogP contribution in [0.25, 0.3) is 5.65 Å². The predicted octanol–water partition coefficient (Wildman–Crippen LogP) is 0.963. The molecule has 15 heavy (non-hydrogen) atoms. The summed E-state index contributed by atoms with van der Waals surface area (Å²) in [4.78, 5) is 11.3. The highest BCUT2D eigenvalue weighted by atomic mass is 19.1. The molecule has 2 aromatic rings. The molecule has 2 rings (SSSR count). The van der Waals surface area contributed by atoms with Crippen molar-refractivity contribution in [2.45, 2.75) is 6.92 Å². The van der Waals surface area contributed by atoms with Crippen molar-refractivity contribution >= 4 is 11.6 Å². The van der Waals surface area contributed by atoms with Gasteiger partial charge in [0.15, 0.2) is 5.65 Å². The van der Waals surface area contributed by atoms with E-state index in [1.165, 1.54) is 17.7 Å². The highest BCUT2D eigenvalue weighted by Gasteiger charge is 2.15. The molecule has 0 aromatic carbocycles. The number of hydrogen-bond acceptors (Lipinski definition) is 4. The lowest BCUT2D eigenvalue weighted by atomic mass is 10.2. The van der Waals surface area contributed by atoms with E-state index in [-0.39, 0.29) is 5.56 Å². The Morgan fingerprint density at radius 2 is 2.27 bits per heavy atom. The number of halogens is 1. The van der Waals surface area contributed by atoms with Crippen molar-refractivity contribution in [1.29, 1.82) is 0 Å². The molecule has 0 aliphatic heterocycles. The summed E-state index contributed by atoms with van der Waals surface area (Å²) in [6, 6.07) is 1.08. The standard InChI is InChI=1S/C9H8FN3O2/c1-5-11-12-8-7(9(14)15-2)3-6(10)4-13(5)8/h3-4H,1-2H3. The normalized spacial score (nSPS) is 10.6. The molecule has 0 saturated carbocycles. The molecule has 0 aliphatic rings. The van der Waals surface area contributed by atoms with E-state index in [2.05, 4.69) is 14.9 Å². The van der Waals surface area contributed by atoms with E-state index in [0.717, 1.165) is 6.07 Å². The van der Waals surface area contributed by atoms with Crippen molar-refractivity contribution in [2.75, 3.05) is 7.11 Å². The van der Waals surface area contributed by atoms with Crippen molar-refractivity contribution in [1.82, 2.24) is 14.6 Å². The second-order valence-electron chi connectivity index (χ2n) is 3.00. The number of ether oxygens (including phenoxy) is 1. The summed E-state index contributed by atoms with van der Waals surface area (Å²) in [5.74, 6) is -0.660. The summed E-state index contributed by atoms with van der Waals surface area (Å²) in [6.07, 6.45) is 1.22. The van der Waals surface area contributed by atoms with Gasteiger partial charge in [-0.05, 0) is 13.0 Å². The van der Waals surface area contributed by atoms with E-state index in [4.69, 9.17) is 0 Å². The Morgan fingerprint density at radius 1 is 1.53 bits per heavy atom. The molecule has 6 heteroatoms. The lowest BCUT2D eigenvalue weighted by Crippen LogP contribution is -2.05. The largest absolute Gasteiger partial charge is 0.465 e. The molecule has 0 saturated heterocycles. The fraction of sp³-hybridized carbons (Fsp3) is 0.222. The summed E-state index contributed by atoms with van der Waals surface area (Å²) in [5, 5.41) is 7.53. The van der Waals surface area contributed by atoms with E-state index >= 15 is 0 Å². The van der Waals surface area contributed by atoms with Gasteiger partial charge in [-0.15, -0.1) is 10.2 Å². The van der Waals surface area contributed by atoms with Crippen molar-refractivity contribution in [3.8, 4) is 0 Å². The summed E-state index contributed by atoms with van der Waals surface area (Å²) in [7, 11) is 1.23. The van der Waals surface area contributed by atoms with E-state index in [1.54, 1.807) is 6.92 Å². The van der Waals surface area contributed by atoms with Crippen molar-refractivity contribution in [2.24, 2.45) is 0 Å². The average Bonchev–Trinajstić information content (AvgIpc) is 2.58. The van der Waals surface area contributed by atoms with Crippen molar-refractivity contribution in [3.05, 3.63) is 29.5 Å². The van der Waals surface area contributed by atoms with Crippen molar-refractivity contribution < 1.29 is 13.9 Å². The van der Waals surface area contributed by atoms with E-state index in [0.29, 0.717) is 11.5 Å². The van der Waals surface area contributed by atoms with Crippen molar-refractivity contribution in [3.63, 3.8) is 0 Å². The molecular weight excluding hydrogens is 201 g/mol. The zero-order valence-corrected chi connectivity index (χ0v) is 8.19. The SMILES string of the molecule is COC(=O)c1cc(F)cn2c(C)nnc12. The molecule has 0 fully saturated rings. The van der Waals surface area contributed by atoms with Crippen LogP contribution in [0, 0.1) is 12.7 Å². The molecule has 0 spiro atoms. The Morgan fingerprint density at radius 3 is 2.93 bits per heavy atom. The third-order valence-corrected chi connectivity index (χ3v) is 2.05. The van der Waals surface area contributed by atoms with Gasteiger partial charge < -0.3 is 4.74 Å². The first-order chi connectivity index (χ1) is 7.13. The highest BCUT2D eigenvalue weighted by molar-refractivity contribution is 5.95. The molecule has 0 bridgehead atoms. The number of aromatic nitrogens is 3. The Kier molecular flexibility index (Phi) is 2.11. The second kappa shape index (κ2) is 3.30. The number of aryl methyl sites for hydroxylation is 1. The lowest BCUT2D eigenvalue weighted by molar-refractivity contribution is 0.0601. The number of methoxy groups -OCH3 is 1. The van der Waals surface area contributed by atoms with Gasteiger partial charge in [-0.25, -0.2) is 9.18 Å². The van der Waals surface area contributed by atoms with Crippen LogP contribution >= 0.6 is 0 Å². The molecule has 2 aromatic heterocycles. The maximum atomic E-state index is 13.2. The molecule has 0 N–H and O–H groups in total. The topological polar surface area (TPSA) is 56.5 Å². The molecule has 0 aliphatic carbocycles. The molecular formula is C9H8FN3O2. The second-order valence-corrected chi connectivity index (χ2v) is 3.00. The van der Waals surface area contributed by atoms with E-state index in [9.17, 15) is 9.18 Å². The van der Waals surface area contributed by atoms with Gasteiger partial charge in [0.2, 0.25) is 0 Å². The van der Waals surface area contributed by atoms with Gasteiger partial charge in [-0.1, -0.05) is 0 Å². The summed E-state index contributed by atoms with van der Waals surface area (Å²) in [6.45, 7) is 1.67. The third-order valence-electron chi connectivity index (χ3n) is 2.05. The number of fused-ring (bicyclic) bond motifs is 1. The Bertz CT molecular complexity index is 535. The number of nitrogens with zero attached hydrogens (tertiary/aromatic N) is 3. The smallest absolute Gasteiger partial charge is 0.341 e. The minimum absolute atomic E-state index is 0.0677. The van der Waals surface area contributed by atoms with Gasteiger partial charge in [0.05, 0.1) is 7.11 Å². The fourth-order valence-corrected chi connectivity index (χ4v) is 1.33. The van der Waals surface area contributed by atoms with Gasteiger partial charge in [-0.2, -0.15) is 0 Å². The lowest BCUT2D eigenvalue weighted by Gasteiger charge is -2.01. The molecule has 0 amide bonds. The average molecular weight is 209 g/mol. The minimum atomic E-state index is -0.632. The van der Waals surface area contributed by atoms with Crippen LogP contribution in [0.3, 0.4) is 0 Å². The third kappa shape index (κ3) is 1.43. The molecule has 5 nitrogen and oxygen atoms in total. The van der Waals surface area contributed by atoms with Gasteiger partial charge in [-0.3, -0.25) is 4.40 Å². The number of rotatable bonds is 1. The first-order valence-electron chi connectivity index (χ1n) is 4.22. The minimum Gasteiger partial charge on any atom is -0.465 e. The quantitative estimate of drug-likeness (QED) is 0.656. The molecule has 0 atom stereocenters.